The summed E-state index contributed by atoms with van der Waals surface area (Å²) in [5, 5.41) is 9.83. The minimum Gasteiger partial charge on any atom is -0.496 e. The molecule has 158 valence electrons. The lowest BCUT2D eigenvalue weighted by Crippen LogP contribution is -2.44. The van der Waals surface area contributed by atoms with Crippen molar-refractivity contribution in [1.29, 1.82) is 0 Å². The molecule has 3 N–H and O–H groups in total. The molecule has 1 aromatic carbocycles. The number of amides is 3. The molecule has 1 saturated carbocycles. The standard InChI is InChI=1S/C22H31N3O3S/c1-28-17-9-3-2-8-15(17)22(12-6-7-13-22)25-19(26)11-5-4-10-18-20-16(14-29-18)23-21(27)24-20/h2-3,8-9,16,18,20H,4-7,10-14H2,1H3,(H,25,26)(H2,23,24,27)/t16-,18+,20-/m1/s1. The average Bonchev–Trinajstić information content (AvgIpc) is 3.42. The first-order chi connectivity index (χ1) is 14.1. The molecule has 2 saturated heterocycles. The molecule has 0 aromatic heterocycles. The lowest BCUT2D eigenvalue weighted by atomic mass is 9.87. The molecule has 3 aliphatic rings. The fourth-order valence-electron chi connectivity index (χ4n) is 5.08. The van der Waals surface area contributed by atoms with E-state index in [0.29, 0.717) is 11.7 Å². The monoisotopic (exact) mass is 417 g/mol. The van der Waals surface area contributed by atoms with Gasteiger partial charge in [0.05, 0.1) is 24.7 Å². The van der Waals surface area contributed by atoms with Gasteiger partial charge in [0.1, 0.15) is 5.75 Å². The third-order valence-corrected chi connectivity index (χ3v) is 8.05. The van der Waals surface area contributed by atoms with Gasteiger partial charge >= 0.3 is 6.03 Å². The van der Waals surface area contributed by atoms with E-state index in [1.807, 2.05) is 30.0 Å². The molecule has 7 heteroatoms. The number of nitrogens with one attached hydrogen (secondary N) is 3. The molecule has 1 aliphatic carbocycles. The minimum absolute atomic E-state index is 0.0390. The molecular formula is C22H31N3O3S. The van der Waals surface area contributed by atoms with Crippen LogP contribution in [0.1, 0.15) is 56.9 Å². The van der Waals surface area contributed by atoms with Gasteiger partial charge < -0.3 is 20.7 Å². The number of methoxy groups -OCH3 is 1. The summed E-state index contributed by atoms with van der Waals surface area (Å²) in [6.07, 6.45) is 7.65. The van der Waals surface area contributed by atoms with Crippen molar-refractivity contribution in [2.24, 2.45) is 0 Å². The van der Waals surface area contributed by atoms with E-state index < -0.39 is 0 Å². The van der Waals surface area contributed by atoms with Crippen LogP contribution in [-0.2, 0) is 10.3 Å². The number of ether oxygens (including phenoxy) is 1. The van der Waals surface area contributed by atoms with Crippen LogP contribution in [0.2, 0.25) is 0 Å². The summed E-state index contributed by atoms with van der Waals surface area (Å²) in [6, 6.07) is 8.53. The lowest BCUT2D eigenvalue weighted by Gasteiger charge is -2.32. The van der Waals surface area contributed by atoms with Crippen LogP contribution in [0.25, 0.3) is 0 Å². The predicted molar refractivity (Wildman–Crippen MR) is 115 cm³/mol. The van der Waals surface area contributed by atoms with Gasteiger partial charge in [0.15, 0.2) is 0 Å². The van der Waals surface area contributed by atoms with E-state index in [2.05, 4.69) is 22.0 Å². The van der Waals surface area contributed by atoms with E-state index >= 15 is 0 Å². The maximum Gasteiger partial charge on any atom is 0.315 e. The number of para-hydroxylation sites is 1. The second-order valence-electron chi connectivity index (χ2n) is 8.41. The van der Waals surface area contributed by atoms with Crippen LogP contribution in [0, 0.1) is 0 Å². The first-order valence-electron chi connectivity index (χ1n) is 10.7. The molecule has 2 aliphatic heterocycles. The summed E-state index contributed by atoms with van der Waals surface area (Å²) >= 11 is 1.93. The van der Waals surface area contributed by atoms with Gasteiger partial charge in [-0.2, -0.15) is 11.8 Å². The Morgan fingerprint density at radius 1 is 1.24 bits per heavy atom. The highest BCUT2D eigenvalue weighted by atomic mass is 32.2. The van der Waals surface area contributed by atoms with Crippen molar-refractivity contribution in [2.75, 3.05) is 12.9 Å². The van der Waals surface area contributed by atoms with Crippen LogP contribution >= 0.6 is 11.8 Å². The normalized spacial score (nSPS) is 27.2. The molecule has 3 amide bonds. The highest BCUT2D eigenvalue weighted by molar-refractivity contribution is 8.00. The van der Waals surface area contributed by atoms with Crippen LogP contribution in [0.5, 0.6) is 5.75 Å². The Balaban J connectivity index is 1.28. The van der Waals surface area contributed by atoms with E-state index in [9.17, 15) is 9.59 Å². The molecule has 3 fully saturated rings. The van der Waals surface area contributed by atoms with E-state index in [1.54, 1.807) is 7.11 Å². The van der Waals surface area contributed by atoms with Crippen molar-refractivity contribution < 1.29 is 14.3 Å². The Morgan fingerprint density at radius 3 is 2.83 bits per heavy atom. The Kier molecular flexibility index (Phi) is 6.23. The second kappa shape index (κ2) is 8.86. The highest BCUT2D eigenvalue weighted by Gasteiger charge is 2.42. The first-order valence-corrected chi connectivity index (χ1v) is 11.8. The summed E-state index contributed by atoms with van der Waals surface area (Å²) in [7, 11) is 1.69. The molecule has 0 bridgehead atoms. The van der Waals surface area contributed by atoms with Gasteiger partial charge in [-0.25, -0.2) is 4.79 Å². The van der Waals surface area contributed by atoms with Crippen molar-refractivity contribution in [3.05, 3.63) is 29.8 Å². The Hall–Kier alpha value is -1.89. The molecule has 2 heterocycles. The number of thioether (sulfide) groups is 1. The largest absolute Gasteiger partial charge is 0.496 e. The van der Waals surface area contributed by atoms with Gasteiger partial charge in [-0.1, -0.05) is 37.5 Å². The Labute approximate surface area is 176 Å². The van der Waals surface area contributed by atoms with Gasteiger partial charge in [-0.05, 0) is 31.7 Å². The number of hydrogen-bond acceptors (Lipinski definition) is 4. The summed E-state index contributed by atoms with van der Waals surface area (Å²) < 4.78 is 5.57. The molecule has 3 atom stereocenters. The van der Waals surface area contributed by atoms with E-state index in [-0.39, 0.29) is 29.6 Å². The van der Waals surface area contributed by atoms with Crippen LogP contribution in [0.4, 0.5) is 4.79 Å². The number of fused-ring (bicyclic) bond motifs is 1. The molecule has 0 radical (unpaired) electrons. The number of unbranched alkanes of at least 4 members (excludes halogenated alkanes) is 1. The molecule has 6 nitrogen and oxygen atoms in total. The van der Waals surface area contributed by atoms with Gasteiger partial charge in [0.2, 0.25) is 5.91 Å². The number of hydrogen-bond donors (Lipinski definition) is 3. The van der Waals surface area contributed by atoms with E-state index in [1.165, 1.54) is 0 Å². The van der Waals surface area contributed by atoms with E-state index in [0.717, 1.165) is 62.0 Å². The maximum absolute atomic E-state index is 12.8. The lowest BCUT2D eigenvalue weighted by molar-refractivity contribution is -0.123. The third kappa shape index (κ3) is 4.34. The summed E-state index contributed by atoms with van der Waals surface area (Å²) in [4.78, 5) is 24.3. The first kappa shape index (κ1) is 20.4. The zero-order chi connectivity index (χ0) is 20.3. The Morgan fingerprint density at radius 2 is 2.03 bits per heavy atom. The van der Waals surface area contributed by atoms with Crippen molar-refractivity contribution in [3.63, 3.8) is 0 Å². The summed E-state index contributed by atoms with van der Waals surface area (Å²) in [5.74, 6) is 1.97. The number of carbonyl (C=O) groups is 2. The number of benzene rings is 1. The minimum atomic E-state index is -0.294. The van der Waals surface area contributed by atoms with Gasteiger partial charge in [-0.15, -0.1) is 0 Å². The highest BCUT2D eigenvalue weighted by Crippen LogP contribution is 2.42. The maximum atomic E-state index is 12.8. The third-order valence-electron chi connectivity index (χ3n) is 6.54. The molecule has 29 heavy (non-hydrogen) atoms. The molecule has 0 unspecified atom stereocenters. The fourth-order valence-corrected chi connectivity index (χ4v) is 6.63. The van der Waals surface area contributed by atoms with Crippen molar-refractivity contribution in [2.45, 2.75) is 74.2 Å². The average molecular weight is 418 g/mol. The van der Waals surface area contributed by atoms with Crippen LogP contribution in [0.3, 0.4) is 0 Å². The van der Waals surface area contributed by atoms with E-state index in [4.69, 9.17) is 4.74 Å². The molecule has 0 spiro atoms. The van der Waals surface area contributed by atoms with Crippen molar-refractivity contribution in [1.82, 2.24) is 16.0 Å². The van der Waals surface area contributed by atoms with Gasteiger partial charge in [0, 0.05) is 23.0 Å². The number of urea groups is 1. The van der Waals surface area contributed by atoms with Gasteiger partial charge in [0.25, 0.3) is 0 Å². The predicted octanol–water partition coefficient (Wildman–Crippen LogP) is 3.31. The fraction of sp³-hybridized carbons (Fsp3) is 0.636. The second-order valence-corrected chi connectivity index (χ2v) is 9.68. The zero-order valence-electron chi connectivity index (χ0n) is 17.0. The Bertz CT molecular complexity index is 751. The topological polar surface area (TPSA) is 79.5 Å². The van der Waals surface area contributed by atoms with Crippen molar-refractivity contribution in [3.8, 4) is 5.75 Å². The van der Waals surface area contributed by atoms with Gasteiger partial charge in [-0.3, -0.25) is 4.79 Å². The van der Waals surface area contributed by atoms with Crippen LogP contribution < -0.4 is 20.7 Å². The number of rotatable bonds is 8. The quantitative estimate of drug-likeness (QED) is 0.448. The smallest absolute Gasteiger partial charge is 0.315 e. The summed E-state index contributed by atoms with van der Waals surface area (Å²) in [6.45, 7) is 0. The SMILES string of the molecule is COc1ccccc1C1(NC(=O)CCCC[C@@H]2SC[C@H]3NC(=O)N[C@@H]23)CCCC1. The molecule has 1 aromatic rings. The number of carbonyl (C=O) groups excluding carboxylic acids is 2. The zero-order valence-corrected chi connectivity index (χ0v) is 17.9. The van der Waals surface area contributed by atoms with Crippen LogP contribution in [0.15, 0.2) is 24.3 Å². The van der Waals surface area contributed by atoms with Crippen LogP contribution in [-0.4, -0.2) is 42.1 Å². The molecule has 4 rings (SSSR count). The summed E-state index contributed by atoms with van der Waals surface area (Å²) in [5.41, 5.74) is 0.809. The van der Waals surface area contributed by atoms with Crippen molar-refractivity contribution >= 4 is 23.7 Å². The molecular weight excluding hydrogens is 386 g/mol.